The molecule has 0 aliphatic rings. The zero-order valence-electron chi connectivity index (χ0n) is 23.8. The van der Waals surface area contributed by atoms with Gasteiger partial charge in [-0.2, -0.15) is 5.10 Å². The Bertz CT molecular complexity index is 2210. The molecule has 0 aliphatic heterocycles. The van der Waals surface area contributed by atoms with Gasteiger partial charge in [0.25, 0.3) is 0 Å². The van der Waals surface area contributed by atoms with Crippen molar-refractivity contribution in [2.24, 2.45) is 0 Å². The SMILES string of the molecule is Cc1cc[c-]c2c3ncc4c5ccccc5oc4c3c3ccnn3c12.[2H]C([2H])([2H])c1ccc(-c2[c-]cccc2)nc1.[Ir]. The van der Waals surface area contributed by atoms with Crippen LogP contribution in [0.4, 0.5) is 0 Å². The average molecular weight is 686 g/mol. The van der Waals surface area contributed by atoms with Crippen molar-refractivity contribution in [2.75, 3.05) is 0 Å². The van der Waals surface area contributed by atoms with Crippen molar-refractivity contribution < 1.29 is 28.6 Å². The van der Waals surface area contributed by atoms with Gasteiger partial charge in [0.2, 0.25) is 0 Å². The van der Waals surface area contributed by atoms with Gasteiger partial charge in [0.1, 0.15) is 11.2 Å². The Kier molecular flexibility index (Phi) is 5.56. The summed E-state index contributed by atoms with van der Waals surface area (Å²) in [5.41, 5.74) is 7.67. The summed E-state index contributed by atoms with van der Waals surface area (Å²) in [6, 6.07) is 31.2. The molecule has 0 aliphatic carbocycles. The van der Waals surface area contributed by atoms with Crippen LogP contribution in [0, 0.1) is 25.9 Å². The maximum absolute atomic E-state index is 7.23. The van der Waals surface area contributed by atoms with E-state index in [0.29, 0.717) is 0 Å². The van der Waals surface area contributed by atoms with Crippen molar-refractivity contribution in [2.45, 2.75) is 13.8 Å². The molecule has 0 bridgehead atoms. The summed E-state index contributed by atoms with van der Waals surface area (Å²) in [6.45, 7) is -0.00518. The fraction of sp³-hybridized carbons (Fsp3) is 0.0606. The van der Waals surface area contributed by atoms with Gasteiger partial charge in [-0.25, -0.2) is 0 Å². The minimum absolute atomic E-state index is 0. The third-order valence-corrected chi connectivity index (χ3v) is 6.69. The van der Waals surface area contributed by atoms with Gasteiger partial charge in [0.05, 0.1) is 5.52 Å². The number of aryl methyl sites for hydroxylation is 2. The monoisotopic (exact) mass is 686 g/mol. The molecule has 5 heterocycles. The fourth-order valence-electron chi connectivity index (χ4n) is 4.93. The van der Waals surface area contributed by atoms with Crippen LogP contribution in [0.2, 0.25) is 0 Å². The molecule has 6 heteroatoms. The number of benzene rings is 3. The molecule has 3 aromatic carbocycles. The van der Waals surface area contributed by atoms with Crippen molar-refractivity contribution in [1.29, 1.82) is 0 Å². The quantitative estimate of drug-likeness (QED) is 0.130. The van der Waals surface area contributed by atoms with Crippen LogP contribution in [-0.2, 0) is 20.1 Å². The molecule has 0 fully saturated rings. The molecule has 0 atom stereocenters. The molecule has 0 unspecified atom stereocenters. The van der Waals surface area contributed by atoms with E-state index in [2.05, 4.69) is 41.3 Å². The Balaban J connectivity index is 0.000000162. The van der Waals surface area contributed by atoms with Crippen molar-refractivity contribution >= 4 is 49.3 Å². The molecular formula is C33H22IrN4O-2. The number of pyridine rings is 3. The molecule has 191 valence electrons. The van der Waals surface area contributed by atoms with E-state index >= 15 is 0 Å². The van der Waals surface area contributed by atoms with Crippen LogP contribution in [0.1, 0.15) is 15.2 Å². The van der Waals surface area contributed by atoms with Crippen LogP contribution in [0.5, 0.6) is 0 Å². The van der Waals surface area contributed by atoms with Crippen LogP contribution < -0.4 is 0 Å². The van der Waals surface area contributed by atoms with Gasteiger partial charge in [-0.1, -0.05) is 42.6 Å². The summed E-state index contributed by atoms with van der Waals surface area (Å²) in [7, 11) is 0. The third-order valence-electron chi connectivity index (χ3n) is 6.69. The van der Waals surface area contributed by atoms with Crippen LogP contribution >= 0.6 is 0 Å². The fourth-order valence-corrected chi connectivity index (χ4v) is 4.93. The molecule has 8 rings (SSSR count). The van der Waals surface area contributed by atoms with E-state index in [-0.39, 0.29) is 25.7 Å². The van der Waals surface area contributed by atoms with E-state index in [1.807, 2.05) is 65.4 Å². The van der Waals surface area contributed by atoms with Crippen molar-refractivity contribution in [3.05, 3.63) is 121 Å². The van der Waals surface area contributed by atoms with Gasteiger partial charge in [0.15, 0.2) is 0 Å². The first-order valence-corrected chi connectivity index (χ1v) is 12.2. The van der Waals surface area contributed by atoms with E-state index in [1.54, 1.807) is 18.2 Å². The Morgan fingerprint density at radius 1 is 0.872 bits per heavy atom. The number of aromatic nitrogens is 4. The first-order valence-electron chi connectivity index (χ1n) is 13.7. The summed E-state index contributed by atoms with van der Waals surface area (Å²) in [6.07, 6.45) is 5.12. The Hall–Kier alpha value is -4.38. The predicted octanol–water partition coefficient (Wildman–Crippen LogP) is 7.90. The zero-order chi connectivity index (χ0) is 28.1. The Morgan fingerprint density at radius 2 is 1.77 bits per heavy atom. The summed E-state index contributed by atoms with van der Waals surface area (Å²) < 4.78 is 29.9. The van der Waals surface area contributed by atoms with Gasteiger partial charge in [-0.05, 0) is 35.8 Å². The topological polar surface area (TPSA) is 56.2 Å². The number of rotatable bonds is 1. The molecule has 0 saturated carbocycles. The predicted molar refractivity (Wildman–Crippen MR) is 152 cm³/mol. The number of nitrogens with zero attached hydrogens (tertiary/aromatic N) is 4. The maximum atomic E-state index is 7.23. The van der Waals surface area contributed by atoms with E-state index in [4.69, 9.17) is 13.5 Å². The van der Waals surface area contributed by atoms with Gasteiger partial charge in [0, 0.05) is 64.5 Å². The first kappa shape index (κ1) is 21.5. The molecule has 0 saturated heterocycles. The van der Waals surface area contributed by atoms with Crippen molar-refractivity contribution in [3.8, 4) is 11.3 Å². The number of fused-ring (bicyclic) bond motifs is 10. The van der Waals surface area contributed by atoms with Crippen LogP contribution in [0.15, 0.2) is 102 Å². The van der Waals surface area contributed by atoms with Gasteiger partial charge in [-0.3, -0.25) is 4.52 Å². The molecule has 39 heavy (non-hydrogen) atoms. The summed E-state index contributed by atoms with van der Waals surface area (Å²) in [4.78, 5) is 8.92. The van der Waals surface area contributed by atoms with E-state index in [1.165, 1.54) is 6.20 Å². The Morgan fingerprint density at radius 3 is 2.59 bits per heavy atom. The maximum Gasteiger partial charge on any atom is 0.139 e. The average Bonchev–Trinajstić information content (AvgIpc) is 3.63. The first-order chi connectivity index (χ1) is 19.9. The normalized spacial score (nSPS) is 12.6. The third kappa shape index (κ3) is 4.18. The molecular weight excluding hydrogens is 661 g/mol. The van der Waals surface area contributed by atoms with E-state index < -0.39 is 6.85 Å². The minimum Gasteiger partial charge on any atom is -0.456 e. The van der Waals surface area contributed by atoms with E-state index in [9.17, 15) is 0 Å². The van der Waals surface area contributed by atoms with Crippen LogP contribution in [0.3, 0.4) is 0 Å². The van der Waals surface area contributed by atoms with Crippen molar-refractivity contribution in [3.63, 3.8) is 0 Å². The van der Waals surface area contributed by atoms with Crippen molar-refractivity contribution in [1.82, 2.24) is 19.6 Å². The smallest absolute Gasteiger partial charge is 0.139 e. The largest absolute Gasteiger partial charge is 0.456 e. The van der Waals surface area contributed by atoms with Gasteiger partial charge < -0.3 is 14.4 Å². The van der Waals surface area contributed by atoms with E-state index in [0.717, 1.165) is 66.1 Å². The summed E-state index contributed by atoms with van der Waals surface area (Å²) >= 11 is 0. The molecule has 0 N–H and O–H groups in total. The Labute approximate surface area is 242 Å². The molecule has 8 aromatic rings. The molecule has 0 amide bonds. The number of hydrogen-bond acceptors (Lipinski definition) is 4. The van der Waals surface area contributed by atoms with Gasteiger partial charge >= 0.3 is 0 Å². The van der Waals surface area contributed by atoms with Crippen LogP contribution in [-0.4, -0.2) is 19.6 Å². The number of para-hydroxylation sites is 1. The second-order valence-corrected chi connectivity index (χ2v) is 9.04. The zero-order valence-corrected chi connectivity index (χ0v) is 23.2. The standard InChI is InChI=1S/C21H12N3O.C12H10N.Ir/c1-12-5-4-7-14-19-18(16-9-10-23-24(16)20(12)14)21-15(11-22-19)13-6-2-3-8-17(13)25-21;1-10-7-8-12(13-9-10)11-5-3-2-4-6-11;/h2-6,8-11H,1H3;2-5,7-9H,1H3;/q2*-1;/i;1D3;. The van der Waals surface area contributed by atoms with Crippen LogP contribution in [0.25, 0.3) is 60.5 Å². The minimum atomic E-state index is -2.09. The molecule has 5 nitrogen and oxygen atoms in total. The number of furan rings is 1. The summed E-state index contributed by atoms with van der Waals surface area (Å²) in [5.74, 6) is 0. The van der Waals surface area contributed by atoms with Gasteiger partial charge in [-0.15, -0.1) is 59.7 Å². The molecule has 0 spiro atoms. The molecule has 5 aromatic heterocycles. The molecule has 1 radical (unpaired) electrons. The summed E-state index contributed by atoms with van der Waals surface area (Å²) in [5, 5.41) is 8.61. The second kappa shape index (κ2) is 10.1. The number of hydrogen-bond donors (Lipinski definition) is 0. The second-order valence-electron chi connectivity index (χ2n) is 9.04.